The van der Waals surface area contributed by atoms with Crippen LogP contribution in [0.25, 0.3) is 0 Å². The second-order valence-electron chi connectivity index (χ2n) is 5.36. The van der Waals surface area contributed by atoms with Crippen molar-refractivity contribution in [3.8, 4) is 0 Å². The summed E-state index contributed by atoms with van der Waals surface area (Å²) in [5.74, 6) is 0. The van der Waals surface area contributed by atoms with Gasteiger partial charge in [-0.15, -0.1) is 0 Å². The number of hydrogen-bond donors (Lipinski definition) is 0. The maximum atomic E-state index is 12.4. The molecule has 0 aromatic rings. The summed E-state index contributed by atoms with van der Waals surface area (Å²) in [5.41, 5.74) is 0. The van der Waals surface area contributed by atoms with Crippen molar-refractivity contribution in [2.45, 2.75) is 57.2 Å². The van der Waals surface area contributed by atoms with E-state index in [1.807, 2.05) is 0 Å². The predicted octanol–water partition coefficient (Wildman–Crippen LogP) is 2.75. The molecule has 1 aliphatic rings. The van der Waals surface area contributed by atoms with Gasteiger partial charge in [0.25, 0.3) is 0 Å². The van der Waals surface area contributed by atoms with Crippen molar-refractivity contribution >= 4 is 26.0 Å². The van der Waals surface area contributed by atoms with E-state index < -0.39 is 14.8 Å². The highest BCUT2D eigenvalue weighted by Gasteiger charge is 2.40. The summed E-state index contributed by atoms with van der Waals surface area (Å²) in [7, 11) is -3.16. The lowest BCUT2D eigenvalue weighted by Crippen LogP contribution is -2.50. The quantitative estimate of drug-likeness (QED) is 0.732. The van der Waals surface area contributed by atoms with E-state index in [-0.39, 0.29) is 6.04 Å². The van der Waals surface area contributed by atoms with Crippen LogP contribution in [0.3, 0.4) is 0 Å². The van der Waals surface area contributed by atoms with E-state index in [1.54, 1.807) is 25.1 Å². The van der Waals surface area contributed by atoms with Crippen molar-refractivity contribution in [3.05, 3.63) is 0 Å². The van der Waals surface area contributed by atoms with Gasteiger partial charge in [0.1, 0.15) is 0 Å². The zero-order valence-corrected chi connectivity index (χ0v) is 12.8. The monoisotopic (exact) mass is 311 g/mol. The molecule has 5 heteroatoms. The number of halogens is 1. The Balaban J connectivity index is 2.83. The zero-order valence-electron chi connectivity index (χ0n) is 10.4. The van der Waals surface area contributed by atoms with Crippen LogP contribution in [0.2, 0.25) is 0 Å². The van der Waals surface area contributed by atoms with E-state index in [9.17, 15) is 8.42 Å². The number of nitrogens with zero attached hydrogens (tertiary/aromatic N) is 1. The Hall–Kier alpha value is 0.390. The fourth-order valence-corrected chi connectivity index (χ4v) is 3.67. The van der Waals surface area contributed by atoms with Crippen molar-refractivity contribution in [2.24, 2.45) is 0 Å². The van der Waals surface area contributed by atoms with E-state index in [0.29, 0.717) is 6.54 Å². The molecule has 3 nitrogen and oxygen atoms in total. The lowest BCUT2D eigenvalue weighted by molar-refractivity contribution is 0.216. The molecule has 1 aliphatic carbocycles. The van der Waals surface area contributed by atoms with E-state index >= 15 is 0 Å². The largest absolute Gasteiger partial charge is 0.219 e. The van der Waals surface area contributed by atoms with Gasteiger partial charge in [-0.05, 0) is 40.0 Å². The first-order chi connectivity index (χ1) is 7.30. The Labute approximate surface area is 108 Å². The van der Waals surface area contributed by atoms with Crippen LogP contribution in [0.5, 0.6) is 0 Å². The van der Waals surface area contributed by atoms with Gasteiger partial charge in [-0.2, -0.15) is 4.31 Å². The molecule has 16 heavy (non-hydrogen) atoms. The maximum absolute atomic E-state index is 12.4. The van der Waals surface area contributed by atoms with Crippen LogP contribution in [0.4, 0.5) is 0 Å². The van der Waals surface area contributed by atoms with Crippen LogP contribution in [0, 0.1) is 0 Å². The summed E-state index contributed by atoms with van der Waals surface area (Å²) in [6.07, 6.45) is 4.09. The lowest BCUT2D eigenvalue weighted by Gasteiger charge is -2.40. The van der Waals surface area contributed by atoms with E-state index in [1.165, 1.54) is 0 Å². The van der Waals surface area contributed by atoms with Gasteiger partial charge in [0.2, 0.25) is 10.0 Å². The lowest BCUT2D eigenvalue weighted by atomic mass is 9.93. The number of rotatable bonds is 5. The van der Waals surface area contributed by atoms with Gasteiger partial charge in [-0.25, -0.2) is 8.42 Å². The SMILES string of the molecule is CC(C)(C)S(=O)(=O)N(CCCBr)C1CCC1. The van der Waals surface area contributed by atoms with Crippen LogP contribution in [0.1, 0.15) is 46.5 Å². The Morgan fingerprint density at radius 2 is 1.88 bits per heavy atom. The molecule has 0 atom stereocenters. The highest BCUT2D eigenvalue weighted by Crippen LogP contribution is 2.31. The first kappa shape index (κ1) is 14.5. The molecular weight excluding hydrogens is 290 g/mol. The van der Waals surface area contributed by atoms with Crippen LogP contribution >= 0.6 is 15.9 Å². The molecule has 0 saturated heterocycles. The van der Waals surface area contributed by atoms with Gasteiger partial charge < -0.3 is 0 Å². The molecule has 0 unspecified atom stereocenters. The first-order valence-corrected chi connectivity index (χ1v) is 8.44. The maximum Gasteiger partial charge on any atom is 0.219 e. The Kier molecular flexibility index (Phi) is 4.84. The average Bonchev–Trinajstić information content (AvgIpc) is 2.06. The Bertz CT molecular complexity index is 317. The minimum absolute atomic E-state index is 0.253. The van der Waals surface area contributed by atoms with Crippen molar-refractivity contribution in [1.82, 2.24) is 4.31 Å². The summed E-state index contributed by atoms with van der Waals surface area (Å²) < 4.78 is 25.9. The van der Waals surface area contributed by atoms with E-state index in [4.69, 9.17) is 0 Å². The van der Waals surface area contributed by atoms with Crippen LogP contribution in [-0.2, 0) is 10.0 Å². The Morgan fingerprint density at radius 1 is 1.31 bits per heavy atom. The van der Waals surface area contributed by atoms with Crippen LogP contribution in [-0.4, -0.2) is 35.4 Å². The molecular formula is C11H22BrNO2S. The fraction of sp³-hybridized carbons (Fsp3) is 1.00. The predicted molar refractivity (Wildman–Crippen MR) is 71.4 cm³/mol. The van der Waals surface area contributed by atoms with Gasteiger partial charge in [-0.3, -0.25) is 0 Å². The molecule has 0 amide bonds. The summed E-state index contributed by atoms with van der Waals surface area (Å²) >= 11 is 3.36. The standard InChI is InChI=1S/C11H22BrNO2S/c1-11(2,3)16(14,15)13(9-5-8-12)10-6-4-7-10/h10H,4-9H2,1-3H3. The molecule has 0 heterocycles. The van der Waals surface area contributed by atoms with Gasteiger partial charge >= 0.3 is 0 Å². The van der Waals surface area contributed by atoms with Gasteiger partial charge in [-0.1, -0.05) is 22.4 Å². The van der Waals surface area contributed by atoms with Crippen molar-refractivity contribution in [3.63, 3.8) is 0 Å². The molecule has 96 valence electrons. The zero-order chi connectivity index (χ0) is 12.4. The molecule has 1 saturated carbocycles. The number of hydrogen-bond acceptors (Lipinski definition) is 2. The molecule has 1 rings (SSSR count). The fourth-order valence-electron chi connectivity index (χ4n) is 1.74. The van der Waals surface area contributed by atoms with Crippen LogP contribution < -0.4 is 0 Å². The highest BCUT2D eigenvalue weighted by molar-refractivity contribution is 9.09. The van der Waals surface area contributed by atoms with E-state index in [2.05, 4.69) is 15.9 Å². The normalized spacial score (nSPS) is 18.8. The molecule has 0 radical (unpaired) electrons. The molecule has 0 aliphatic heterocycles. The highest BCUT2D eigenvalue weighted by atomic mass is 79.9. The molecule has 0 spiro atoms. The Morgan fingerprint density at radius 3 is 2.19 bits per heavy atom. The summed E-state index contributed by atoms with van der Waals surface area (Å²) in [5, 5.41) is 0.857. The molecule has 0 N–H and O–H groups in total. The van der Waals surface area contributed by atoms with Gasteiger partial charge in [0, 0.05) is 17.9 Å². The minimum Gasteiger partial charge on any atom is -0.212 e. The van der Waals surface area contributed by atoms with Gasteiger partial charge in [0.05, 0.1) is 4.75 Å². The molecule has 1 fully saturated rings. The average molecular weight is 312 g/mol. The minimum atomic E-state index is -3.16. The molecule has 0 bridgehead atoms. The summed E-state index contributed by atoms with van der Waals surface area (Å²) in [6.45, 7) is 5.99. The third kappa shape index (κ3) is 2.99. The van der Waals surface area contributed by atoms with E-state index in [0.717, 1.165) is 31.0 Å². The summed E-state index contributed by atoms with van der Waals surface area (Å²) in [6, 6.07) is 0.253. The van der Waals surface area contributed by atoms with Crippen molar-refractivity contribution in [2.75, 3.05) is 11.9 Å². The van der Waals surface area contributed by atoms with Crippen molar-refractivity contribution in [1.29, 1.82) is 0 Å². The first-order valence-electron chi connectivity index (χ1n) is 5.88. The molecule has 0 aromatic carbocycles. The second-order valence-corrected chi connectivity index (χ2v) is 8.79. The van der Waals surface area contributed by atoms with Gasteiger partial charge in [0.15, 0.2) is 0 Å². The third-order valence-electron chi connectivity index (χ3n) is 3.08. The third-order valence-corrected chi connectivity index (χ3v) is 6.28. The second kappa shape index (κ2) is 5.36. The van der Waals surface area contributed by atoms with Crippen LogP contribution in [0.15, 0.2) is 0 Å². The molecule has 0 aromatic heterocycles. The number of alkyl halides is 1. The summed E-state index contributed by atoms with van der Waals surface area (Å²) in [4.78, 5) is 0. The smallest absolute Gasteiger partial charge is 0.212 e. The van der Waals surface area contributed by atoms with Crippen molar-refractivity contribution < 1.29 is 8.42 Å². The number of sulfonamides is 1. The topological polar surface area (TPSA) is 37.4 Å².